The Kier molecular flexibility index (Phi) is 4.66. The van der Waals surface area contributed by atoms with Gasteiger partial charge in [0.1, 0.15) is 0 Å². The van der Waals surface area contributed by atoms with Crippen LogP contribution >= 0.6 is 7.59 Å². The third kappa shape index (κ3) is 2.55. The molecule has 0 aromatic rings. The Morgan fingerprint density at radius 3 is 1.77 bits per heavy atom. The molecule has 0 aliphatic heterocycles. The quantitative estimate of drug-likeness (QED) is 0.498. The Balaban J connectivity index is 4.82. The topological polar surface area (TPSA) is 26.8 Å². The van der Waals surface area contributed by atoms with Crippen LogP contribution in [0.1, 0.15) is 0 Å². The van der Waals surface area contributed by atoms with E-state index in [2.05, 4.69) is 5.92 Å². The molecule has 0 rings (SSSR count). The van der Waals surface area contributed by atoms with E-state index in [1.807, 2.05) is 0 Å². The second-order valence-corrected chi connectivity index (χ2v) is 6.54. The second kappa shape index (κ2) is 4.78. The van der Waals surface area contributed by atoms with Crippen LogP contribution in [-0.4, -0.2) is 55.8 Å². The monoisotopic (exact) mass is 203 g/mol. The molecule has 0 amide bonds. The first-order valence-electron chi connectivity index (χ1n) is 3.98. The largest absolute Gasteiger partial charge is 0.286 e. The summed E-state index contributed by atoms with van der Waals surface area (Å²) in [6.07, 6.45) is 5.18. The molecule has 0 fully saturated rings. The summed E-state index contributed by atoms with van der Waals surface area (Å²) in [7, 11) is 6.29. The van der Waals surface area contributed by atoms with Gasteiger partial charge in [0, 0.05) is 0 Å². The van der Waals surface area contributed by atoms with Gasteiger partial charge in [-0.1, -0.05) is 5.92 Å². The summed E-state index contributed by atoms with van der Waals surface area (Å²) in [6.45, 7) is 0.383. The lowest BCUT2D eigenvalue weighted by Crippen LogP contribution is -2.32. The van der Waals surface area contributed by atoms with Crippen molar-refractivity contribution < 1.29 is 4.57 Å². The lowest BCUT2D eigenvalue weighted by molar-refractivity contribution is 0.373. The van der Waals surface area contributed by atoms with E-state index in [0.717, 1.165) is 0 Å². The molecular weight excluding hydrogens is 185 g/mol. The number of hydrogen-bond donors (Lipinski definition) is 0. The highest BCUT2D eigenvalue weighted by atomic mass is 31.2. The molecule has 0 aliphatic rings. The van der Waals surface area contributed by atoms with E-state index in [4.69, 9.17) is 6.42 Å². The van der Waals surface area contributed by atoms with Gasteiger partial charge in [-0.3, -0.25) is 4.57 Å². The van der Waals surface area contributed by atoms with Crippen molar-refractivity contribution in [3.63, 3.8) is 0 Å². The molecule has 0 N–H and O–H groups in total. The molecule has 0 bridgehead atoms. The summed E-state index contributed by atoms with van der Waals surface area (Å²) in [5, 5.41) is 0. The van der Waals surface area contributed by atoms with Gasteiger partial charge in [0.15, 0.2) is 0 Å². The molecule has 0 spiro atoms. The molecule has 0 unspecified atom stereocenters. The summed E-state index contributed by atoms with van der Waals surface area (Å²) in [6, 6.07) is 0. The van der Waals surface area contributed by atoms with Crippen molar-refractivity contribution in [2.75, 3.05) is 41.8 Å². The van der Waals surface area contributed by atoms with E-state index >= 15 is 0 Å². The molecule has 0 heterocycles. The van der Waals surface area contributed by atoms with Gasteiger partial charge in [0.25, 0.3) is 7.59 Å². The zero-order chi connectivity index (χ0) is 10.6. The minimum Gasteiger partial charge on any atom is -0.270 e. The van der Waals surface area contributed by atoms with Gasteiger partial charge in [0.2, 0.25) is 0 Å². The SMILES string of the molecule is C#CCN(C)P(=O)(N(C)C)N(C)C. The van der Waals surface area contributed by atoms with Crippen LogP contribution in [0.15, 0.2) is 0 Å². The van der Waals surface area contributed by atoms with Crippen molar-refractivity contribution in [2.45, 2.75) is 0 Å². The average molecular weight is 203 g/mol. The Labute approximate surface area is 81.0 Å². The van der Waals surface area contributed by atoms with E-state index in [0.29, 0.717) is 6.54 Å². The summed E-state index contributed by atoms with van der Waals surface area (Å²) < 4.78 is 17.5. The predicted octanol–water partition coefficient (Wildman–Crippen LogP) is 0.783. The highest BCUT2D eigenvalue weighted by Gasteiger charge is 2.32. The van der Waals surface area contributed by atoms with Crippen molar-refractivity contribution in [3.8, 4) is 12.3 Å². The lowest BCUT2D eigenvalue weighted by Gasteiger charge is -2.36. The van der Waals surface area contributed by atoms with E-state index < -0.39 is 7.59 Å². The summed E-state index contributed by atoms with van der Waals surface area (Å²) >= 11 is 0. The van der Waals surface area contributed by atoms with Gasteiger partial charge in [0.05, 0.1) is 6.54 Å². The van der Waals surface area contributed by atoms with Crippen LogP contribution in [-0.2, 0) is 4.57 Å². The van der Waals surface area contributed by atoms with Crippen LogP contribution in [0.5, 0.6) is 0 Å². The minimum atomic E-state index is -2.61. The molecule has 0 saturated carbocycles. The van der Waals surface area contributed by atoms with Crippen molar-refractivity contribution in [2.24, 2.45) is 0 Å². The van der Waals surface area contributed by atoms with Crippen LogP contribution in [0.3, 0.4) is 0 Å². The maximum atomic E-state index is 12.4. The van der Waals surface area contributed by atoms with Gasteiger partial charge in [-0.25, -0.2) is 14.0 Å². The summed E-state index contributed by atoms with van der Waals surface area (Å²) in [5.74, 6) is 2.48. The third-order valence-corrected chi connectivity index (χ3v) is 4.92. The van der Waals surface area contributed by atoms with Crippen molar-refractivity contribution >= 4 is 7.59 Å². The highest BCUT2D eigenvalue weighted by Crippen LogP contribution is 2.51. The Morgan fingerprint density at radius 2 is 1.54 bits per heavy atom. The molecule has 0 aromatic heterocycles. The molecule has 0 aliphatic carbocycles. The van der Waals surface area contributed by atoms with Crippen molar-refractivity contribution in [1.29, 1.82) is 0 Å². The van der Waals surface area contributed by atoms with E-state index in [9.17, 15) is 4.57 Å². The minimum absolute atomic E-state index is 0.383. The molecule has 5 heteroatoms. The lowest BCUT2D eigenvalue weighted by atomic mass is 10.7. The number of rotatable bonds is 4. The van der Waals surface area contributed by atoms with Crippen LogP contribution in [0, 0.1) is 12.3 Å². The van der Waals surface area contributed by atoms with Crippen LogP contribution in [0.25, 0.3) is 0 Å². The molecule has 0 atom stereocenters. The predicted molar refractivity (Wildman–Crippen MR) is 56.4 cm³/mol. The molecule has 0 saturated heterocycles. The molecule has 13 heavy (non-hydrogen) atoms. The first kappa shape index (κ1) is 12.7. The average Bonchev–Trinajstić information content (AvgIpc) is 2.02. The van der Waals surface area contributed by atoms with Gasteiger partial charge in [-0.2, -0.15) is 0 Å². The summed E-state index contributed by atoms with van der Waals surface area (Å²) in [4.78, 5) is 0. The van der Waals surface area contributed by atoms with E-state index in [1.54, 1.807) is 49.2 Å². The molecule has 0 radical (unpaired) electrons. The van der Waals surface area contributed by atoms with Crippen molar-refractivity contribution in [3.05, 3.63) is 0 Å². The van der Waals surface area contributed by atoms with Gasteiger partial charge < -0.3 is 0 Å². The second-order valence-electron chi connectivity index (χ2n) is 3.23. The summed E-state index contributed by atoms with van der Waals surface area (Å²) in [5.41, 5.74) is 0. The van der Waals surface area contributed by atoms with Crippen LogP contribution < -0.4 is 0 Å². The third-order valence-electron chi connectivity index (χ3n) is 1.81. The zero-order valence-corrected chi connectivity index (χ0v) is 9.88. The van der Waals surface area contributed by atoms with Gasteiger partial charge >= 0.3 is 0 Å². The zero-order valence-electron chi connectivity index (χ0n) is 8.98. The Hall–Kier alpha value is -0.330. The van der Waals surface area contributed by atoms with Crippen molar-refractivity contribution in [1.82, 2.24) is 14.0 Å². The van der Waals surface area contributed by atoms with E-state index in [1.165, 1.54) is 0 Å². The Bertz CT molecular complexity index is 232. The maximum Gasteiger partial charge on any atom is 0.286 e. The Morgan fingerprint density at radius 1 is 1.15 bits per heavy atom. The maximum absolute atomic E-state index is 12.4. The van der Waals surface area contributed by atoms with Crippen LogP contribution in [0.4, 0.5) is 0 Å². The number of nitrogens with zero attached hydrogens (tertiary/aromatic N) is 3. The smallest absolute Gasteiger partial charge is 0.270 e. The molecule has 76 valence electrons. The first-order valence-corrected chi connectivity index (χ1v) is 5.54. The van der Waals surface area contributed by atoms with Crippen LogP contribution in [0.2, 0.25) is 0 Å². The standard InChI is InChI=1S/C8H18N3OP/c1-7-8-11(6)13(12,9(2)3)10(4)5/h1H,8H2,2-6H3. The fraction of sp³-hybridized carbons (Fsp3) is 0.750. The van der Waals surface area contributed by atoms with E-state index in [-0.39, 0.29) is 0 Å². The molecule has 4 nitrogen and oxygen atoms in total. The normalized spacial score (nSPS) is 12.5. The number of terminal acetylenes is 1. The van der Waals surface area contributed by atoms with Gasteiger partial charge in [-0.05, 0) is 35.2 Å². The molecular formula is C8H18N3OP. The fourth-order valence-electron chi connectivity index (χ4n) is 1.19. The van der Waals surface area contributed by atoms with Gasteiger partial charge in [-0.15, -0.1) is 6.42 Å². The number of hydrogen-bond acceptors (Lipinski definition) is 1. The molecule has 0 aromatic carbocycles. The highest BCUT2D eigenvalue weighted by molar-refractivity contribution is 7.56. The fourth-order valence-corrected chi connectivity index (χ4v) is 3.40. The first-order chi connectivity index (χ1) is 5.87.